The summed E-state index contributed by atoms with van der Waals surface area (Å²) in [5.41, 5.74) is 0.702. The maximum absolute atomic E-state index is 12.1. The molecule has 0 aliphatic heterocycles. The summed E-state index contributed by atoms with van der Waals surface area (Å²) in [6, 6.07) is 7.41. The minimum absolute atomic E-state index is 0.0956. The van der Waals surface area contributed by atoms with Crippen LogP contribution in [0, 0.1) is 0 Å². The summed E-state index contributed by atoms with van der Waals surface area (Å²) in [6.45, 7) is 3.63. The van der Waals surface area contributed by atoms with Crippen molar-refractivity contribution in [2.75, 3.05) is 40.9 Å². The van der Waals surface area contributed by atoms with Crippen LogP contribution in [0.2, 0.25) is 0 Å². The van der Waals surface area contributed by atoms with E-state index in [4.69, 9.17) is 14.1 Å². The zero-order chi connectivity index (χ0) is 28.0. The molecule has 1 aromatic carbocycles. The van der Waals surface area contributed by atoms with E-state index in [2.05, 4.69) is 11.6 Å². The fourth-order valence-corrected chi connectivity index (χ4v) is 4.74. The van der Waals surface area contributed by atoms with Crippen LogP contribution in [-0.2, 0) is 25.3 Å². The largest absolute Gasteiger partial charge is 0.499 e. The quantitative estimate of drug-likeness (QED) is 0.0403. The zero-order valence-electron chi connectivity index (χ0n) is 24.8. The van der Waals surface area contributed by atoms with Crippen molar-refractivity contribution in [3.8, 4) is 5.75 Å². The Kier molecular flexibility index (Phi) is 20.1. The highest BCUT2D eigenvalue weighted by atomic mass is 31.2. The molecule has 0 aromatic heterocycles. The van der Waals surface area contributed by atoms with Crippen LogP contribution < -0.4 is 4.74 Å². The Hall–Kier alpha value is -0.950. The fourth-order valence-electron chi connectivity index (χ4n) is 4.18. The lowest BCUT2D eigenvalue weighted by molar-refractivity contribution is -0.871. The van der Waals surface area contributed by atoms with Gasteiger partial charge >= 0.3 is 7.82 Å². The number of phosphoric acid groups is 1. The van der Waals surface area contributed by atoms with Crippen molar-refractivity contribution in [2.24, 2.45) is 0 Å². The highest BCUT2D eigenvalue weighted by molar-refractivity contribution is 7.47. The standard InChI is InChI=1S/C30H56NO6P/c1-5-6-7-8-9-10-11-12-13-14-15-16-17-18-19-22-26-34-30-24-21-20-23-29(30)28-36-38(32,33)37-35-27-25-31(2,3)4/h20-21,23-24H,5-19,22,25-28H2,1-4H3/p+1. The van der Waals surface area contributed by atoms with E-state index in [9.17, 15) is 9.46 Å². The average Bonchev–Trinajstić information content (AvgIpc) is 2.87. The van der Waals surface area contributed by atoms with E-state index in [0.717, 1.165) is 12.8 Å². The van der Waals surface area contributed by atoms with Crippen molar-refractivity contribution in [1.82, 2.24) is 0 Å². The highest BCUT2D eigenvalue weighted by Gasteiger charge is 2.24. The molecule has 0 bridgehead atoms. The van der Waals surface area contributed by atoms with Gasteiger partial charge in [-0.05, 0) is 12.5 Å². The number of para-hydroxylation sites is 1. The summed E-state index contributed by atoms with van der Waals surface area (Å²) in [5.74, 6) is 0.666. The van der Waals surface area contributed by atoms with Crippen molar-refractivity contribution in [1.29, 1.82) is 0 Å². The number of rotatable bonds is 26. The Morgan fingerprint density at radius 1 is 0.737 bits per heavy atom. The third kappa shape index (κ3) is 20.9. The number of ether oxygens (including phenoxy) is 1. The lowest BCUT2D eigenvalue weighted by Crippen LogP contribution is -2.37. The lowest BCUT2D eigenvalue weighted by Gasteiger charge is -2.23. The van der Waals surface area contributed by atoms with Gasteiger partial charge in [-0.3, -0.25) is 4.52 Å². The molecule has 1 unspecified atom stereocenters. The molecule has 0 saturated carbocycles. The number of likely N-dealkylation sites (N-methyl/N-ethyl adjacent to an activating group) is 1. The molecule has 1 atom stereocenters. The van der Waals surface area contributed by atoms with Crippen LogP contribution in [0.3, 0.4) is 0 Å². The topological polar surface area (TPSA) is 74.2 Å². The molecular weight excluding hydrogens is 501 g/mol. The van der Waals surface area contributed by atoms with E-state index in [1.165, 1.54) is 89.9 Å². The summed E-state index contributed by atoms with van der Waals surface area (Å²) in [7, 11) is 1.68. The Balaban J connectivity index is 2.06. The lowest BCUT2D eigenvalue weighted by atomic mass is 10.0. The third-order valence-corrected chi connectivity index (χ3v) is 7.35. The van der Waals surface area contributed by atoms with Gasteiger partial charge in [0.25, 0.3) is 0 Å². The van der Waals surface area contributed by atoms with Gasteiger partial charge < -0.3 is 14.1 Å². The Bertz CT molecular complexity index is 740. The predicted octanol–water partition coefficient (Wildman–Crippen LogP) is 8.60. The molecule has 0 heterocycles. The van der Waals surface area contributed by atoms with Gasteiger partial charge in [0.1, 0.15) is 18.9 Å². The van der Waals surface area contributed by atoms with Gasteiger partial charge in [-0.1, -0.05) is 121 Å². The van der Waals surface area contributed by atoms with E-state index in [1.807, 2.05) is 45.4 Å². The summed E-state index contributed by atoms with van der Waals surface area (Å²) in [5, 5.41) is 0. The highest BCUT2D eigenvalue weighted by Crippen LogP contribution is 2.44. The molecule has 7 nitrogen and oxygen atoms in total. The molecule has 0 radical (unpaired) electrons. The van der Waals surface area contributed by atoms with Crippen molar-refractivity contribution < 1.29 is 32.8 Å². The molecule has 0 fully saturated rings. The van der Waals surface area contributed by atoms with Gasteiger partial charge in [-0.25, -0.2) is 9.45 Å². The van der Waals surface area contributed by atoms with Crippen LogP contribution in [-0.4, -0.2) is 50.3 Å². The molecule has 38 heavy (non-hydrogen) atoms. The van der Waals surface area contributed by atoms with Gasteiger partial charge in [0.15, 0.2) is 0 Å². The molecule has 0 saturated heterocycles. The van der Waals surface area contributed by atoms with Crippen LogP contribution >= 0.6 is 7.82 Å². The van der Waals surface area contributed by atoms with Gasteiger partial charge in [0.2, 0.25) is 0 Å². The first-order valence-corrected chi connectivity index (χ1v) is 16.5. The molecule has 222 valence electrons. The number of quaternary nitrogens is 1. The van der Waals surface area contributed by atoms with E-state index in [0.29, 0.717) is 28.9 Å². The molecule has 1 aromatic rings. The number of nitrogens with zero attached hydrogens (tertiary/aromatic N) is 1. The number of benzene rings is 1. The van der Waals surface area contributed by atoms with Gasteiger partial charge in [0.05, 0.1) is 34.4 Å². The van der Waals surface area contributed by atoms with Crippen molar-refractivity contribution in [3.05, 3.63) is 29.8 Å². The Morgan fingerprint density at radius 3 is 1.76 bits per heavy atom. The van der Waals surface area contributed by atoms with Crippen LogP contribution in [0.4, 0.5) is 0 Å². The maximum Gasteiger partial charge on any atom is 0.499 e. The van der Waals surface area contributed by atoms with E-state index < -0.39 is 7.82 Å². The van der Waals surface area contributed by atoms with Crippen LogP contribution in [0.25, 0.3) is 0 Å². The van der Waals surface area contributed by atoms with Crippen LogP contribution in [0.5, 0.6) is 5.75 Å². The molecule has 0 amide bonds. The average molecular weight is 559 g/mol. The molecule has 0 aliphatic rings. The minimum Gasteiger partial charge on any atom is -0.493 e. The summed E-state index contributed by atoms with van der Waals surface area (Å²) in [6.07, 6.45) is 21.4. The second-order valence-corrected chi connectivity index (χ2v) is 12.8. The number of unbranched alkanes of at least 4 members (excludes halogenated alkanes) is 15. The van der Waals surface area contributed by atoms with E-state index in [-0.39, 0.29) is 13.2 Å². The van der Waals surface area contributed by atoms with Gasteiger partial charge in [0, 0.05) is 5.56 Å². The van der Waals surface area contributed by atoms with Crippen molar-refractivity contribution >= 4 is 7.82 Å². The molecule has 1 N–H and O–H groups in total. The first-order chi connectivity index (χ1) is 18.2. The summed E-state index contributed by atoms with van der Waals surface area (Å²) >= 11 is 0. The smallest absolute Gasteiger partial charge is 0.493 e. The SMILES string of the molecule is CCCCCCCCCCCCCCCCCCOc1ccccc1COP(=O)(O)OOCC[N+](C)(C)C. The first-order valence-electron chi connectivity index (χ1n) is 15.0. The molecule has 8 heteroatoms. The monoisotopic (exact) mass is 558 g/mol. The fraction of sp³-hybridized carbons (Fsp3) is 0.800. The van der Waals surface area contributed by atoms with Crippen LogP contribution in [0.1, 0.15) is 115 Å². The Labute approximate surface area is 233 Å². The zero-order valence-corrected chi connectivity index (χ0v) is 25.7. The van der Waals surface area contributed by atoms with E-state index >= 15 is 0 Å². The van der Waals surface area contributed by atoms with Crippen molar-refractivity contribution in [3.63, 3.8) is 0 Å². The third-order valence-electron chi connectivity index (χ3n) is 6.60. The second-order valence-electron chi connectivity index (χ2n) is 11.4. The molecule has 0 aliphatic carbocycles. The van der Waals surface area contributed by atoms with Gasteiger partial charge in [-0.2, -0.15) is 0 Å². The van der Waals surface area contributed by atoms with Gasteiger partial charge in [-0.15, -0.1) is 4.67 Å². The Morgan fingerprint density at radius 2 is 1.24 bits per heavy atom. The number of hydrogen-bond donors (Lipinski definition) is 1. The predicted molar refractivity (Wildman–Crippen MR) is 156 cm³/mol. The minimum atomic E-state index is -4.31. The maximum atomic E-state index is 12.1. The summed E-state index contributed by atoms with van der Waals surface area (Å²) in [4.78, 5) is 14.7. The van der Waals surface area contributed by atoms with Crippen molar-refractivity contribution in [2.45, 2.75) is 116 Å². The normalized spacial score (nSPS) is 13.5. The number of hydrogen-bond acceptors (Lipinski definition) is 5. The summed E-state index contributed by atoms with van der Waals surface area (Å²) < 4.78 is 28.4. The second kappa shape index (κ2) is 21.8. The van der Waals surface area contributed by atoms with E-state index in [1.54, 1.807) is 0 Å². The first kappa shape index (κ1) is 35.1. The molecule has 0 spiro atoms. The molecular formula is C30H57NO6P+. The molecule has 1 rings (SSSR count). The number of phosphoric ester groups is 1. The van der Waals surface area contributed by atoms with Crippen LogP contribution in [0.15, 0.2) is 24.3 Å².